The van der Waals surface area contributed by atoms with Gasteiger partial charge in [-0.25, -0.2) is 4.99 Å². The number of amides is 1. The van der Waals surface area contributed by atoms with Crippen LogP contribution in [0.3, 0.4) is 0 Å². The molecule has 31 heavy (non-hydrogen) atoms. The first-order valence-electron chi connectivity index (χ1n) is 11.2. The molecule has 2 unspecified atom stereocenters. The molecular formula is C24H41IN4O2. The molecule has 1 saturated heterocycles. The van der Waals surface area contributed by atoms with Crippen molar-refractivity contribution in [2.75, 3.05) is 25.0 Å². The van der Waals surface area contributed by atoms with Crippen LogP contribution in [0.15, 0.2) is 29.3 Å². The number of rotatable bonds is 7. The van der Waals surface area contributed by atoms with E-state index < -0.39 is 0 Å². The van der Waals surface area contributed by atoms with Crippen LogP contribution >= 0.6 is 24.0 Å². The number of hydrogen-bond acceptors (Lipinski definition) is 3. The Morgan fingerprint density at radius 2 is 1.87 bits per heavy atom. The van der Waals surface area contributed by atoms with E-state index in [0.29, 0.717) is 12.5 Å². The van der Waals surface area contributed by atoms with Crippen LogP contribution in [0.25, 0.3) is 0 Å². The van der Waals surface area contributed by atoms with E-state index in [4.69, 9.17) is 9.73 Å². The molecule has 1 amide bonds. The van der Waals surface area contributed by atoms with Crippen molar-refractivity contribution in [2.45, 2.75) is 67.0 Å². The predicted molar refractivity (Wildman–Crippen MR) is 140 cm³/mol. The van der Waals surface area contributed by atoms with Gasteiger partial charge in [0.05, 0.1) is 12.6 Å². The van der Waals surface area contributed by atoms with Gasteiger partial charge in [-0.2, -0.15) is 0 Å². The predicted octanol–water partition coefficient (Wildman–Crippen LogP) is 4.80. The Labute approximate surface area is 205 Å². The van der Waals surface area contributed by atoms with E-state index in [-0.39, 0.29) is 47.3 Å². The van der Waals surface area contributed by atoms with Gasteiger partial charge in [-0.05, 0) is 42.9 Å². The zero-order valence-electron chi connectivity index (χ0n) is 20.0. The Balaban J connectivity index is 0.00000480. The molecule has 7 heteroatoms. The molecule has 1 aromatic carbocycles. The summed E-state index contributed by atoms with van der Waals surface area (Å²) < 4.78 is 6.10. The van der Waals surface area contributed by atoms with Gasteiger partial charge in [-0.15, -0.1) is 24.0 Å². The highest BCUT2D eigenvalue weighted by molar-refractivity contribution is 14.0. The molecule has 6 nitrogen and oxygen atoms in total. The number of halogens is 1. The summed E-state index contributed by atoms with van der Waals surface area (Å²) in [5, 5.41) is 9.77. The lowest BCUT2D eigenvalue weighted by molar-refractivity contribution is -0.118. The number of hydrogen-bond donors (Lipinski definition) is 3. The third-order valence-electron chi connectivity index (χ3n) is 5.34. The standard InChI is InChI=1S/C24H40N4O2.HI/c1-7-25-23(27-16-19-9-8-14-30-21(19)24(4,5)6)26-15-18-10-12-20(13-11-18)28-22(29)17(2)3;/h10-13,17,19,21H,7-9,14-16H2,1-6H3,(H,28,29)(H2,25,26,27);1H. The van der Waals surface area contributed by atoms with Crippen molar-refractivity contribution in [3.63, 3.8) is 0 Å². The summed E-state index contributed by atoms with van der Waals surface area (Å²) in [6.07, 6.45) is 2.56. The SMILES string of the molecule is CCNC(=NCc1ccc(NC(=O)C(C)C)cc1)NCC1CCCOC1C(C)(C)C.I. The lowest BCUT2D eigenvalue weighted by Crippen LogP contribution is -2.47. The van der Waals surface area contributed by atoms with E-state index >= 15 is 0 Å². The third-order valence-corrected chi connectivity index (χ3v) is 5.34. The molecule has 2 rings (SSSR count). The van der Waals surface area contributed by atoms with Crippen LogP contribution in [-0.2, 0) is 16.1 Å². The molecule has 1 aromatic rings. The Hall–Kier alpha value is -1.35. The normalized spacial score (nSPS) is 19.5. The summed E-state index contributed by atoms with van der Waals surface area (Å²) >= 11 is 0. The van der Waals surface area contributed by atoms with Crippen LogP contribution in [0, 0.1) is 17.3 Å². The summed E-state index contributed by atoms with van der Waals surface area (Å²) in [4.78, 5) is 16.6. The van der Waals surface area contributed by atoms with Crippen molar-refractivity contribution in [1.29, 1.82) is 0 Å². The van der Waals surface area contributed by atoms with E-state index in [1.807, 2.05) is 38.1 Å². The van der Waals surface area contributed by atoms with Crippen molar-refractivity contribution in [1.82, 2.24) is 10.6 Å². The number of anilines is 1. The molecule has 2 atom stereocenters. The first kappa shape index (κ1) is 27.7. The monoisotopic (exact) mass is 544 g/mol. The Morgan fingerprint density at radius 3 is 2.45 bits per heavy atom. The van der Waals surface area contributed by atoms with Gasteiger partial charge >= 0.3 is 0 Å². The second-order valence-corrected chi connectivity index (χ2v) is 9.48. The molecule has 0 bridgehead atoms. The van der Waals surface area contributed by atoms with Crippen LogP contribution < -0.4 is 16.0 Å². The molecule has 1 aliphatic heterocycles. The number of nitrogens with one attached hydrogen (secondary N) is 3. The third kappa shape index (κ3) is 9.35. The van der Waals surface area contributed by atoms with Crippen molar-refractivity contribution in [3.8, 4) is 0 Å². The number of carbonyl (C=O) groups excluding carboxylic acids is 1. The fourth-order valence-corrected chi connectivity index (χ4v) is 3.73. The first-order chi connectivity index (χ1) is 14.2. The highest BCUT2D eigenvalue weighted by Gasteiger charge is 2.35. The number of carbonyl (C=O) groups is 1. The average molecular weight is 545 g/mol. The van der Waals surface area contributed by atoms with E-state index in [9.17, 15) is 4.79 Å². The molecule has 0 aliphatic carbocycles. The number of nitrogens with zero attached hydrogens (tertiary/aromatic N) is 1. The van der Waals surface area contributed by atoms with Gasteiger partial charge in [0.25, 0.3) is 0 Å². The molecular weight excluding hydrogens is 503 g/mol. The van der Waals surface area contributed by atoms with Crippen LogP contribution in [-0.4, -0.2) is 37.7 Å². The molecule has 0 aromatic heterocycles. The molecule has 0 radical (unpaired) electrons. The quantitative estimate of drug-likeness (QED) is 0.262. The maximum absolute atomic E-state index is 11.8. The van der Waals surface area contributed by atoms with E-state index in [2.05, 4.69) is 43.6 Å². The van der Waals surface area contributed by atoms with E-state index in [0.717, 1.165) is 43.3 Å². The highest BCUT2D eigenvalue weighted by Crippen LogP contribution is 2.33. The maximum atomic E-state index is 11.8. The summed E-state index contributed by atoms with van der Waals surface area (Å²) in [6.45, 7) is 15.7. The van der Waals surface area contributed by atoms with Gasteiger partial charge in [-0.3, -0.25) is 4.79 Å². The number of guanidine groups is 1. The summed E-state index contributed by atoms with van der Waals surface area (Å²) in [5.74, 6) is 1.30. The minimum atomic E-state index is -0.0320. The smallest absolute Gasteiger partial charge is 0.226 e. The van der Waals surface area contributed by atoms with Gasteiger partial charge in [0.15, 0.2) is 5.96 Å². The fraction of sp³-hybridized carbons (Fsp3) is 0.667. The van der Waals surface area contributed by atoms with Crippen molar-refractivity contribution >= 4 is 41.5 Å². The maximum Gasteiger partial charge on any atom is 0.226 e. The summed E-state index contributed by atoms with van der Waals surface area (Å²) in [6, 6.07) is 7.87. The summed E-state index contributed by atoms with van der Waals surface area (Å²) in [7, 11) is 0. The zero-order chi connectivity index (χ0) is 22.1. The fourth-order valence-electron chi connectivity index (χ4n) is 3.73. The summed E-state index contributed by atoms with van der Waals surface area (Å²) in [5.41, 5.74) is 2.05. The molecule has 176 valence electrons. The lowest BCUT2D eigenvalue weighted by Gasteiger charge is -2.40. The Kier molecular flexibility index (Phi) is 11.8. The van der Waals surface area contributed by atoms with Gasteiger partial charge in [0.1, 0.15) is 0 Å². The molecule has 3 N–H and O–H groups in total. The minimum Gasteiger partial charge on any atom is -0.377 e. The molecule has 0 saturated carbocycles. The van der Waals surface area contributed by atoms with Gasteiger partial charge in [0, 0.05) is 37.2 Å². The van der Waals surface area contributed by atoms with Crippen LogP contribution in [0.1, 0.15) is 59.9 Å². The lowest BCUT2D eigenvalue weighted by atomic mass is 9.78. The van der Waals surface area contributed by atoms with Crippen molar-refractivity contribution < 1.29 is 9.53 Å². The number of ether oxygens (including phenoxy) is 1. The molecule has 1 fully saturated rings. The Bertz CT molecular complexity index is 699. The van der Waals surface area contributed by atoms with Crippen LogP contribution in [0.5, 0.6) is 0 Å². The Morgan fingerprint density at radius 1 is 1.19 bits per heavy atom. The topological polar surface area (TPSA) is 74.8 Å². The minimum absolute atomic E-state index is 0. The second-order valence-electron chi connectivity index (χ2n) is 9.48. The largest absolute Gasteiger partial charge is 0.377 e. The van der Waals surface area contributed by atoms with E-state index in [1.54, 1.807) is 0 Å². The van der Waals surface area contributed by atoms with Crippen LogP contribution in [0.2, 0.25) is 0 Å². The number of aliphatic imine (C=N–C) groups is 1. The van der Waals surface area contributed by atoms with Crippen molar-refractivity contribution in [3.05, 3.63) is 29.8 Å². The van der Waals surface area contributed by atoms with Crippen LogP contribution in [0.4, 0.5) is 5.69 Å². The first-order valence-corrected chi connectivity index (χ1v) is 11.2. The molecule has 1 aliphatic rings. The second kappa shape index (κ2) is 13.3. The van der Waals surface area contributed by atoms with E-state index in [1.165, 1.54) is 6.42 Å². The van der Waals surface area contributed by atoms with Gasteiger partial charge in [0.2, 0.25) is 5.91 Å². The zero-order valence-corrected chi connectivity index (χ0v) is 22.3. The van der Waals surface area contributed by atoms with Gasteiger partial charge in [-0.1, -0.05) is 46.8 Å². The molecule has 1 heterocycles. The van der Waals surface area contributed by atoms with Gasteiger partial charge < -0.3 is 20.7 Å². The average Bonchev–Trinajstić information content (AvgIpc) is 2.70. The number of benzene rings is 1. The van der Waals surface area contributed by atoms with Crippen molar-refractivity contribution in [2.24, 2.45) is 22.2 Å². The molecule has 0 spiro atoms. The highest BCUT2D eigenvalue weighted by atomic mass is 127.